The van der Waals surface area contributed by atoms with Crippen molar-refractivity contribution in [2.75, 3.05) is 7.11 Å². The molecule has 0 aliphatic heterocycles. The summed E-state index contributed by atoms with van der Waals surface area (Å²) < 4.78 is 6.01. The number of Topliss-reactive ketones (excluding diaryl/α,β-unsaturated/α-hetero) is 1. The normalized spacial score (nSPS) is 10.0. The van der Waals surface area contributed by atoms with Crippen molar-refractivity contribution in [3.8, 4) is 17.6 Å². The Morgan fingerprint density at radius 3 is 2.50 bits per heavy atom. The van der Waals surface area contributed by atoms with Crippen LogP contribution in [0.2, 0.25) is 0 Å². The fourth-order valence-electron chi connectivity index (χ4n) is 2.48. The van der Waals surface area contributed by atoms with Crippen molar-refractivity contribution >= 4 is 21.7 Å². The Kier molecular flexibility index (Phi) is 8.92. The zero-order chi connectivity index (χ0) is 16.4. The predicted molar refractivity (Wildman–Crippen MR) is 95.6 cm³/mol. The van der Waals surface area contributed by atoms with Crippen LogP contribution in [0.4, 0.5) is 0 Å². The smallest absolute Gasteiger partial charge is 0.237 e. The molecule has 0 bridgehead atoms. The Morgan fingerprint density at radius 2 is 1.86 bits per heavy atom. The van der Waals surface area contributed by atoms with Gasteiger partial charge < -0.3 is 4.74 Å². The molecule has 0 aliphatic rings. The lowest BCUT2D eigenvalue weighted by Gasteiger charge is -2.12. The summed E-state index contributed by atoms with van der Waals surface area (Å²) in [6, 6.07) is 3.90. The molecule has 22 heavy (non-hydrogen) atoms. The average molecular weight is 365 g/mol. The van der Waals surface area contributed by atoms with Crippen molar-refractivity contribution in [1.82, 2.24) is 0 Å². The number of unbranched alkanes of at least 4 members (excludes halogenated alkanes) is 5. The second-order valence-electron chi connectivity index (χ2n) is 5.34. The van der Waals surface area contributed by atoms with E-state index in [2.05, 4.69) is 34.7 Å². The Balaban J connectivity index is 2.82. The van der Waals surface area contributed by atoms with Crippen LogP contribution in [0.25, 0.3) is 0 Å². The summed E-state index contributed by atoms with van der Waals surface area (Å²) in [7, 11) is 1.60. The molecule has 120 valence electrons. The van der Waals surface area contributed by atoms with Gasteiger partial charge in [0.2, 0.25) is 5.78 Å². The summed E-state index contributed by atoms with van der Waals surface area (Å²) in [4.78, 5) is 12.3. The number of ether oxygens (including phenoxy) is 1. The number of aryl methyl sites for hydroxylation is 1. The number of carbonyl (C=O) groups excluding carboxylic acids is 1. The van der Waals surface area contributed by atoms with Gasteiger partial charge in [-0.25, -0.2) is 0 Å². The van der Waals surface area contributed by atoms with Gasteiger partial charge in [-0.2, -0.15) is 0 Å². The van der Waals surface area contributed by atoms with Crippen LogP contribution in [0.15, 0.2) is 16.6 Å². The van der Waals surface area contributed by atoms with Crippen LogP contribution in [-0.2, 0) is 6.42 Å². The first-order valence-corrected chi connectivity index (χ1v) is 8.77. The number of hydrogen-bond donors (Lipinski definition) is 0. The predicted octanol–water partition coefficient (Wildman–Crippen LogP) is 5.57. The van der Waals surface area contributed by atoms with Gasteiger partial charge in [0.1, 0.15) is 5.75 Å². The van der Waals surface area contributed by atoms with Crippen molar-refractivity contribution in [3.63, 3.8) is 0 Å². The zero-order valence-corrected chi connectivity index (χ0v) is 15.4. The first-order valence-electron chi connectivity index (χ1n) is 7.98. The fraction of sp³-hybridized carbons (Fsp3) is 0.526. The van der Waals surface area contributed by atoms with Gasteiger partial charge in [-0.3, -0.25) is 4.79 Å². The lowest BCUT2D eigenvalue weighted by molar-refractivity contribution is 0.105. The lowest BCUT2D eigenvalue weighted by Crippen LogP contribution is -2.04. The molecule has 0 radical (unpaired) electrons. The molecule has 1 rings (SSSR count). The minimum absolute atomic E-state index is 0.144. The Bertz CT molecular complexity index is 553. The fourth-order valence-corrected chi connectivity index (χ4v) is 3.21. The molecule has 0 unspecified atom stereocenters. The van der Waals surface area contributed by atoms with Crippen molar-refractivity contribution in [1.29, 1.82) is 0 Å². The van der Waals surface area contributed by atoms with E-state index in [4.69, 9.17) is 4.74 Å². The standard InChI is InChI=1S/C19H25BrO2/c1-4-6-7-8-9-10-12-15-13-14-17(22-3)19(20)18(15)16(21)11-5-2/h13-14H,4,6-10,12H2,1-3H3. The number of carbonyl (C=O) groups is 1. The molecule has 0 saturated carbocycles. The minimum atomic E-state index is -0.144. The highest BCUT2D eigenvalue weighted by Crippen LogP contribution is 2.32. The largest absolute Gasteiger partial charge is 0.496 e. The van der Waals surface area contributed by atoms with Crippen LogP contribution in [0.5, 0.6) is 5.75 Å². The molecule has 1 aromatic carbocycles. The number of methoxy groups -OCH3 is 1. The first kappa shape index (κ1) is 18.8. The van der Waals surface area contributed by atoms with E-state index in [0.717, 1.165) is 18.4 Å². The van der Waals surface area contributed by atoms with Gasteiger partial charge >= 0.3 is 0 Å². The molecule has 0 heterocycles. The van der Waals surface area contributed by atoms with Crippen LogP contribution < -0.4 is 4.74 Å². The maximum Gasteiger partial charge on any atom is 0.237 e. The second-order valence-corrected chi connectivity index (χ2v) is 6.13. The van der Waals surface area contributed by atoms with E-state index in [0.29, 0.717) is 15.8 Å². The van der Waals surface area contributed by atoms with Gasteiger partial charge in [-0.1, -0.05) is 51.0 Å². The monoisotopic (exact) mass is 364 g/mol. The Morgan fingerprint density at radius 1 is 1.18 bits per heavy atom. The molecule has 0 amide bonds. The highest BCUT2D eigenvalue weighted by Gasteiger charge is 2.17. The molecule has 2 nitrogen and oxygen atoms in total. The van der Waals surface area contributed by atoms with Gasteiger partial charge in [-0.05, 0) is 53.2 Å². The molecule has 0 aromatic heterocycles. The van der Waals surface area contributed by atoms with Gasteiger partial charge in [0, 0.05) is 0 Å². The number of benzene rings is 1. The molecule has 1 aromatic rings. The van der Waals surface area contributed by atoms with Crippen molar-refractivity contribution in [2.24, 2.45) is 0 Å². The maximum absolute atomic E-state index is 12.3. The maximum atomic E-state index is 12.3. The minimum Gasteiger partial charge on any atom is -0.496 e. The third-order valence-electron chi connectivity index (χ3n) is 3.68. The van der Waals surface area contributed by atoms with Crippen molar-refractivity contribution < 1.29 is 9.53 Å². The van der Waals surface area contributed by atoms with E-state index in [-0.39, 0.29) is 5.78 Å². The van der Waals surface area contributed by atoms with Crippen LogP contribution in [0, 0.1) is 11.8 Å². The van der Waals surface area contributed by atoms with E-state index < -0.39 is 0 Å². The van der Waals surface area contributed by atoms with Gasteiger partial charge in [0.15, 0.2) is 0 Å². The van der Waals surface area contributed by atoms with Crippen LogP contribution in [0.3, 0.4) is 0 Å². The lowest BCUT2D eigenvalue weighted by atomic mass is 9.97. The van der Waals surface area contributed by atoms with Crippen molar-refractivity contribution in [3.05, 3.63) is 27.7 Å². The van der Waals surface area contributed by atoms with Gasteiger partial charge in [0.25, 0.3) is 0 Å². The average Bonchev–Trinajstić information content (AvgIpc) is 2.51. The van der Waals surface area contributed by atoms with E-state index in [1.807, 2.05) is 12.1 Å². The Hall–Kier alpha value is -1.27. The number of rotatable bonds is 9. The third-order valence-corrected chi connectivity index (χ3v) is 4.47. The third kappa shape index (κ3) is 5.50. The summed E-state index contributed by atoms with van der Waals surface area (Å²) in [5, 5.41) is 0. The van der Waals surface area contributed by atoms with Crippen LogP contribution in [0.1, 0.15) is 68.3 Å². The molecule has 3 heteroatoms. The molecule has 0 N–H and O–H groups in total. The SMILES string of the molecule is CC#CC(=O)c1c(CCCCCCCC)ccc(OC)c1Br. The topological polar surface area (TPSA) is 26.3 Å². The van der Waals surface area contributed by atoms with E-state index >= 15 is 0 Å². The second kappa shape index (κ2) is 10.5. The van der Waals surface area contributed by atoms with Gasteiger partial charge in [-0.15, -0.1) is 0 Å². The number of ketones is 1. The molecule has 0 spiro atoms. The summed E-state index contributed by atoms with van der Waals surface area (Å²) in [6.45, 7) is 3.90. The summed E-state index contributed by atoms with van der Waals surface area (Å²) >= 11 is 3.49. The molecular weight excluding hydrogens is 340 g/mol. The van der Waals surface area contributed by atoms with E-state index in [9.17, 15) is 4.79 Å². The molecule has 0 aliphatic carbocycles. The Labute approximate surface area is 142 Å². The zero-order valence-electron chi connectivity index (χ0n) is 13.8. The van der Waals surface area contributed by atoms with Crippen molar-refractivity contribution in [2.45, 2.75) is 58.8 Å². The highest BCUT2D eigenvalue weighted by atomic mass is 79.9. The molecular formula is C19H25BrO2. The van der Waals surface area contributed by atoms with Crippen LogP contribution >= 0.6 is 15.9 Å². The van der Waals surface area contributed by atoms with E-state index in [1.165, 1.54) is 32.1 Å². The number of hydrogen-bond acceptors (Lipinski definition) is 2. The molecule has 0 saturated heterocycles. The van der Waals surface area contributed by atoms with E-state index in [1.54, 1.807) is 14.0 Å². The summed E-state index contributed by atoms with van der Waals surface area (Å²) in [5.74, 6) is 5.86. The first-order chi connectivity index (χ1) is 10.7. The molecule has 0 atom stereocenters. The van der Waals surface area contributed by atoms with Crippen LogP contribution in [-0.4, -0.2) is 12.9 Å². The summed E-state index contributed by atoms with van der Waals surface area (Å²) in [5.41, 5.74) is 1.71. The highest BCUT2D eigenvalue weighted by molar-refractivity contribution is 9.10. The van der Waals surface area contributed by atoms with Gasteiger partial charge in [0.05, 0.1) is 17.1 Å². The molecule has 0 fully saturated rings. The quantitative estimate of drug-likeness (QED) is 0.248. The summed E-state index contributed by atoms with van der Waals surface area (Å²) in [6.07, 6.45) is 8.35. The number of halogens is 1.